The van der Waals surface area contributed by atoms with Crippen LogP contribution in [0.1, 0.15) is 0 Å². The zero-order chi connectivity index (χ0) is 15.2. The van der Waals surface area contributed by atoms with Gasteiger partial charge in [-0.15, -0.1) is 0 Å². The molecule has 0 saturated heterocycles. The molecule has 106 valence electrons. The van der Waals surface area contributed by atoms with E-state index < -0.39 is 5.82 Å². The zero-order valence-corrected chi connectivity index (χ0v) is 11.9. The maximum atomic E-state index is 14.1. The number of benzene rings is 1. The van der Waals surface area contributed by atoms with Crippen molar-refractivity contribution in [2.75, 3.05) is 6.26 Å². The zero-order valence-electron chi connectivity index (χ0n) is 11.1. The Morgan fingerprint density at radius 3 is 2.86 bits per heavy atom. The summed E-state index contributed by atoms with van der Waals surface area (Å²) in [6.45, 7) is 0. The van der Waals surface area contributed by atoms with Crippen LogP contribution in [0.3, 0.4) is 0 Å². The normalized spacial score (nSPS) is 11.0. The van der Waals surface area contributed by atoms with Crippen LogP contribution in [-0.2, 0) is 0 Å². The third-order valence-electron chi connectivity index (χ3n) is 2.61. The van der Waals surface area contributed by atoms with Crippen molar-refractivity contribution in [3.8, 4) is 11.9 Å². The highest BCUT2D eigenvalue weighted by Gasteiger charge is 2.06. The molecule has 21 heavy (non-hydrogen) atoms. The molecule has 0 aliphatic rings. The molecule has 0 radical (unpaired) electrons. The van der Waals surface area contributed by atoms with Crippen molar-refractivity contribution in [3.63, 3.8) is 0 Å². The SMILES string of the molecule is CSC(=Nc1ccc(-n2ccccc2=O)cc1F)NC#N. The Labute approximate surface area is 124 Å². The summed E-state index contributed by atoms with van der Waals surface area (Å²) >= 11 is 1.20. The van der Waals surface area contributed by atoms with Crippen molar-refractivity contribution < 1.29 is 4.39 Å². The van der Waals surface area contributed by atoms with Gasteiger partial charge in [-0.2, -0.15) is 5.26 Å². The Kier molecular flexibility index (Phi) is 4.74. The van der Waals surface area contributed by atoms with E-state index in [0.29, 0.717) is 10.9 Å². The largest absolute Gasteiger partial charge is 0.284 e. The molecule has 1 heterocycles. The number of hydrogen-bond acceptors (Lipinski definition) is 4. The highest BCUT2D eigenvalue weighted by Crippen LogP contribution is 2.21. The molecule has 0 aliphatic heterocycles. The quantitative estimate of drug-likeness (QED) is 0.400. The molecule has 2 rings (SSSR count). The van der Waals surface area contributed by atoms with Gasteiger partial charge in [0.15, 0.2) is 17.2 Å². The minimum atomic E-state index is -0.574. The summed E-state index contributed by atoms with van der Waals surface area (Å²) in [5.74, 6) is -0.574. The van der Waals surface area contributed by atoms with Crippen molar-refractivity contribution in [2.45, 2.75) is 0 Å². The van der Waals surface area contributed by atoms with Gasteiger partial charge in [-0.05, 0) is 24.5 Å². The number of aliphatic imine (C=N–C) groups is 1. The Hall–Kier alpha value is -2.59. The van der Waals surface area contributed by atoms with Gasteiger partial charge in [-0.25, -0.2) is 9.38 Å². The van der Waals surface area contributed by atoms with Crippen LogP contribution in [0.15, 0.2) is 52.4 Å². The summed E-state index contributed by atoms with van der Waals surface area (Å²) in [6.07, 6.45) is 5.01. The first-order valence-electron chi connectivity index (χ1n) is 5.91. The lowest BCUT2D eigenvalue weighted by molar-refractivity contribution is 0.628. The lowest BCUT2D eigenvalue weighted by atomic mass is 10.2. The molecule has 0 unspecified atom stereocenters. The maximum absolute atomic E-state index is 14.1. The molecule has 5 nitrogen and oxygen atoms in total. The van der Waals surface area contributed by atoms with Crippen LogP contribution in [0, 0.1) is 17.3 Å². The Morgan fingerprint density at radius 1 is 1.43 bits per heavy atom. The lowest BCUT2D eigenvalue weighted by Crippen LogP contribution is -2.15. The van der Waals surface area contributed by atoms with Crippen molar-refractivity contribution >= 4 is 22.6 Å². The standard InChI is InChI=1S/C14H11FN4OS/c1-21-14(17-9-16)18-12-6-5-10(8-11(12)15)19-7-3-2-4-13(19)20/h2-8H,1H3,(H,17,18). The molecule has 0 bridgehead atoms. The van der Waals surface area contributed by atoms with E-state index in [0.717, 1.165) is 0 Å². The van der Waals surface area contributed by atoms with Gasteiger partial charge in [-0.1, -0.05) is 17.8 Å². The molecule has 0 aliphatic carbocycles. The van der Waals surface area contributed by atoms with Crippen molar-refractivity contribution in [3.05, 3.63) is 58.8 Å². The number of aromatic nitrogens is 1. The number of nitrogens with zero attached hydrogens (tertiary/aromatic N) is 3. The minimum absolute atomic E-state index is 0.0924. The van der Waals surface area contributed by atoms with E-state index in [1.54, 1.807) is 36.8 Å². The van der Waals surface area contributed by atoms with E-state index >= 15 is 0 Å². The van der Waals surface area contributed by atoms with Gasteiger partial charge in [0, 0.05) is 18.3 Å². The number of hydrogen-bond donors (Lipinski definition) is 1. The number of rotatable bonds is 2. The van der Waals surface area contributed by atoms with Crippen molar-refractivity contribution in [1.82, 2.24) is 9.88 Å². The molecular weight excluding hydrogens is 291 g/mol. The van der Waals surface area contributed by atoms with Gasteiger partial charge >= 0.3 is 0 Å². The summed E-state index contributed by atoms with van der Waals surface area (Å²) in [5, 5.41) is 11.2. The topological polar surface area (TPSA) is 70.2 Å². The molecule has 0 fully saturated rings. The van der Waals surface area contributed by atoms with Crippen molar-refractivity contribution in [2.24, 2.45) is 4.99 Å². The van der Waals surface area contributed by atoms with Crippen LogP contribution in [0.4, 0.5) is 10.1 Å². The molecular formula is C14H11FN4OS. The Balaban J connectivity index is 2.41. The molecule has 1 aromatic carbocycles. The lowest BCUT2D eigenvalue weighted by Gasteiger charge is -2.07. The molecule has 1 N–H and O–H groups in total. The van der Waals surface area contributed by atoms with Gasteiger partial charge in [-0.3, -0.25) is 14.7 Å². The van der Waals surface area contributed by atoms with Crippen molar-refractivity contribution in [1.29, 1.82) is 5.26 Å². The van der Waals surface area contributed by atoms with Gasteiger partial charge in [0.1, 0.15) is 5.69 Å². The first kappa shape index (κ1) is 14.8. The molecule has 0 atom stereocenters. The summed E-state index contributed by atoms with van der Waals surface area (Å²) in [7, 11) is 0. The van der Waals surface area contributed by atoms with Gasteiger partial charge in [0.25, 0.3) is 5.56 Å². The summed E-state index contributed by atoms with van der Waals surface area (Å²) in [5.41, 5.74) is 0.259. The van der Waals surface area contributed by atoms with Crippen LogP contribution in [0.25, 0.3) is 5.69 Å². The second kappa shape index (κ2) is 6.72. The first-order valence-corrected chi connectivity index (χ1v) is 7.13. The van der Waals surface area contributed by atoms with E-state index in [-0.39, 0.29) is 11.2 Å². The van der Waals surface area contributed by atoms with Gasteiger partial charge in [0.05, 0.1) is 5.69 Å². The number of nitriles is 1. The molecule has 0 saturated carbocycles. The third-order valence-corrected chi connectivity index (χ3v) is 3.19. The summed E-state index contributed by atoms with van der Waals surface area (Å²) in [6, 6.07) is 8.98. The fourth-order valence-electron chi connectivity index (χ4n) is 1.66. The maximum Gasteiger partial charge on any atom is 0.255 e. The predicted molar refractivity (Wildman–Crippen MR) is 81.4 cm³/mol. The van der Waals surface area contributed by atoms with Crippen LogP contribution >= 0.6 is 11.8 Å². The first-order chi connectivity index (χ1) is 10.2. The molecule has 1 aromatic heterocycles. The number of halogens is 1. The second-order valence-corrected chi connectivity index (χ2v) is 4.70. The van der Waals surface area contributed by atoms with E-state index in [4.69, 9.17) is 5.26 Å². The van der Waals surface area contributed by atoms with Gasteiger partial charge < -0.3 is 0 Å². The monoisotopic (exact) mass is 302 g/mol. The fraction of sp³-hybridized carbons (Fsp3) is 0.0714. The highest BCUT2D eigenvalue weighted by molar-refractivity contribution is 8.13. The second-order valence-electron chi connectivity index (χ2n) is 3.90. The molecule has 0 spiro atoms. The van der Waals surface area contributed by atoms with E-state index in [1.807, 2.05) is 0 Å². The third kappa shape index (κ3) is 3.49. The summed E-state index contributed by atoms with van der Waals surface area (Å²) in [4.78, 5) is 15.7. The predicted octanol–water partition coefficient (Wildman–Crippen LogP) is 2.40. The van der Waals surface area contributed by atoms with E-state index in [2.05, 4.69) is 10.3 Å². The van der Waals surface area contributed by atoms with E-state index in [9.17, 15) is 9.18 Å². The number of amidine groups is 1. The number of nitrogens with one attached hydrogen (secondary N) is 1. The average Bonchev–Trinajstić information content (AvgIpc) is 2.49. The van der Waals surface area contributed by atoms with Crippen LogP contribution in [0.2, 0.25) is 0 Å². The Bertz CT molecular complexity index is 779. The smallest absolute Gasteiger partial charge is 0.255 e. The average molecular weight is 302 g/mol. The summed E-state index contributed by atoms with van der Waals surface area (Å²) < 4.78 is 15.4. The number of pyridine rings is 1. The molecule has 7 heteroatoms. The van der Waals surface area contributed by atoms with Gasteiger partial charge in [0.2, 0.25) is 0 Å². The fourth-order valence-corrected chi connectivity index (χ4v) is 2.00. The number of thioether (sulfide) groups is 1. The highest BCUT2D eigenvalue weighted by atomic mass is 32.2. The molecule has 2 aromatic rings. The molecule has 0 amide bonds. The Morgan fingerprint density at radius 2 is 2.24 bits per heavy atom. The van der Waals surface area contributed by atoms with E-state index in [1.165, 1.54) is 34.5 Å². The minimum Gasteiger partial charge on any atom is -0.284 e. The van der Waals surface area contributed by atoms with Crippen LogP contribution in [-0.4, -0.2) is 16.0 Å². The van der Waals surface area contributed by atoms with Crippen LogP contribution in [0.5, 0.6) is 0 Å². The van der Waals surface area contributed by atoms with Crippen LogP contribution < -0.4 is 10.9 Å².